The quantitative estimate of drug-likeness (QED) is 0.229. The molecule has 1 amide bonds. The Bertz CT molecular complexity index is 1730. The second-order valence-corrected chi connectivity index (χ2v) is 9.78. The summed E-state index contributed by atoms with van der Waals surface area (Å²) in [6.45, 7) is 0.661. The van der Waals surface area contributed by atoms with Crippen molar-refractivity contribution >= 4 is 28.5 Å². The van der Waals surface area contributed by atoms with Crippen molar-refractivity contribution in [3.05, 3.63) is 140 Å². The van der Waals surface area contributed by atoms with E-state index in [9.17, 15) is 9.59 Å². The van der Waals surface area contributed by atoms with Crippen molar-refractivity contribution in [2.75, 3.05) is 7.11 Å². The van der Waals surface area contributed by atoms with Crippen molar-refractivity contribution < 1.29 is 18.7 Å². The molecule has 0 N–H and O–H groups in total. The molecule has 0 saturated heterocycles. The Balaban J connectivity index is 1.44. The van der Waals surface area contributed by atoms with Gasteiger partial charge in [0.15, 0.2) is 5.43 Å². The van der Waals surface area contributed by atoms with Crippen LogP contribution in [0.2, 0.25) is 5.02 Å². The number of amides is 1. The first kappa shape index (κ1) is 24.8. The molecule has 4 aromatic carbocycles. The number of ether oxygens (including phenoxy) is 2. The highest BCUT2D eigenvalue weighted by Crippen LogP contribution is 2.40. The lowest BCUT2D eigenvalue weighted by Crippen LogP contribution is -2.29. The number of carbonyl (C=O) groups excluding carboxylic acids is 1. The second-order valence-electron chi connectivity index (χ2n) is 9.34. The van der Waals surface area contributed by atoms with E-state index in [1.54, 1.807) is 30.2 Å². The number of hydrogen-bond donors (Lipinski definition) is 0. The molecule has 2 heterocycles. The van der Waals surface area contributed by atoms with Crippen LogP contribution in [0.3, 0.4) is 0 Å². The molecular weight excluding hydrogens is 514 g/mol. The molecule has 0 spiro atoms. The largest absolute Gasteiger partial charge is 0.497 e. The molecule has 1 aromatic heterocycles. The smallest absolute Gasteiger partial charge is 0.291 e. The van der Waals surface area contributed by atoms with E-state index in [0.29, 0.717) is 33.9 Å². The van der Waals surface area contributed by atoms with Crippen molar-refractivity contribution in [2.24, 2.45) is 0 Å². The Morgan fingerprint density at radius 2 is 1.64 bits per heavy atom. The maximum Gasteiger partial charge on any atom is 0.291 e. The zero-order chi connectivity index (χ0) is 26.9. The van der Waals surface area contributed by atoms with Gasteiger partial charge in [-0.05, 0) is 59.2 Å². The molecule has 194 valence electrons. The third-order valence-corrected chi connectivity index (χ3v) is 7.10. The molecule has 1 unspecified atom stereocenters. The molecule has 39 heavy (non-hydrogen) atoms. The standard InChI is InChI=1S/C32H24ClNO5/c1-37-24-13-10-20(11-14-24)18-34-29(22-8-5-9-25(16-22)38-19-21-6-3-2-4-7-21)28-30(35)26-17-23(33)12-15-27(26)39-31(28)32(34)36/h2-17,29H,18-19H2,1H3. The Morgan fingerprint density at radius 3 is 2.41 bits per heavy atom. The Kier molecular flexibility index (Phi) is 6.55. The zero-order valence-corrected chi connectivity index (χ0v) is 21.9. The van der Waals surface area contributed by atoms with Crippen LogP contribution in [0.1, 0.15) is 38.9 Å². The second kappa shape index (κ2) is 10.3. The van der Waals surface area contributed by atoms with Crippen LogP contribution in [-0.2, 0) is 13.2 Å². The molecule has 0 radical (unpaired) electrons. The first-order valence-electron chi connectivity index (χ1n) is 12.5. The highest BCUT2D eigenvalue weighted by molar-refractivity contribution is 6.31. The predicted molar refractivity (Wildman–Crippen MR) is 149 cm³/mol. The summed E-state index contributed by atoms with van der Waals surface area (Å²) in [5.41, 5.74) is 3.01. The van der Waals surface area contributed by atoms with E-state index in [1.165, 1.54) is 0 Å². The highest BCUT2D eigenvalue weighted by Gasteiger charge is 2.42. The van der Waals surface area contributed by atoms with Crippen molar-refractivity contribution in [1.29, 1.82) is 0 Å². The molecular formula is C32H24ClNO5. The summed E-state index contributed by atoms with van der Waals surface area (Å²) in [6, 6.07) is 29.0. The van der Waals surface area contributed by atoms with Crippen LogP contribution in [0.5, 0.6) is 11.5 Å². The molecule has 7 heteroatoms. The minimum absolute atomic E-state index is 0.0453. The van der Waals surface area contributed by atoms with Crippen molar-refractivity contribution in [3.8, 4) is 11.5 Å². The van der Waals surface area contributed by atoms with Crippen LogP contribution in [0.15, 0.2) is 106 Å². The van der Waals surface area contributed by atoms with Gasteiger partial charge in [0, 0.05) is 11.6 Å². The summed E-state index contributed by atoms with van der Waals surface area (Å²) in [6.07, 6.45) is 0. The third kappa shape index (κ3) is 4.75. The van der Waals surface area contributed by atoms with E-state index in [2.05, 4.69) is 0 Å². The fourth-order valence-electron chi connectivity index (χ4n) is 4.95. The van der Waals surface area contributed by atoms with E-state index in [0.717, 1.165) is 22.4 Å². The molecule has 1 aliphatic rings. The van der Waals surface area contributed by atoms with Gasteiger partial charge in [-0.1, -0.05) is 66.2 Å². The lowest BCUT2D eigenvalue weighted by molar-refractivity contribution is 0.0714. The SMILES string of the molecule is COc1ccc(CN2C(=O)c3oc4ccc(Cl)cc4c(=O)c3C2c2cccc(OCc3ccccc3)c2)cc1. The monoisotopic (exact) mass is 537 g/mol. The number of carbonyl (C=O) groups is 1. The van der Waals surface area contributed by atoms with Crippen molar-refractivity contribution in [1.82, 2.24) is 4.90 Å². The number of nitrogens with zero attached hydrogens (tertiary/aromatic N) is 1. The third-order valence-electron chi connectivity index (χ3n) is 6.86. The summed E-state index contributed by atoms with van der Waals surface area (Å²) in [5.74, 6) is 1.05. The van der Waals surface area contributed by atoms with Crippen LogP contribution >= 0.6 is 11.6 Å². The normalized spacial score (nSPS) is 14.5. The maximum absolute atomic E-state index is 13.8. The summed E-state index contributed by atoms with van der Waals surface area (Å²) < 4.78 is 17.4. The zero-order valence-electron chi connectivity index (χ0n) is 21.1. The molecule has 0 fully saturated rings. The summed E-state index contributed by atoms with van der Waals surface area (Å²) >= 11 is 6.21. The molecule has 0 aliphatic carbocycles. The van der Waals surface area contributed by atoms with Crippen LogP contribution in [-0.4, -0.2) is 17.9 Å². The van der Waals surface area contributed by atoms with Gasteiger partial charge in [0.25, 0.3) is 5.91 Å². The van der Waals surface area contributed by atoms with Crippen LogP contribution < -0.4 is 14.9 Å². The minimum Gasteiger partial charge on any atom is -0.497 e. The Hall–Kier alpha value is -4.55. The van der Waals surface area contributed by atoms with Gasteiger partial charge < -0.3 is 18.8 Å². The van der Waals surface area contributed by atoms with Gasteiger partial charge >= 0.3 is 0 Å². The van der Waals surface area contributed by atoms with Gasteiger partial charge in [-0.3, -0.25) is 9.59 Å². The van der Waals surface area contributed by atoms with Crippen LogP contribution in [0.25, 0.3) is 11.0 Å². The number of benzene rings is 4. The van der Waals surface area contributed by atoms with Gasteiger partial charge in [0.1, 0.15) is 23.7 Å². The fourth-order valence-corrected chi connectivity index (χ4v) is 5.12. The lowest BCUT2D eigenvalue weighted by Gasteiger charge is -2.25. The Labute approximate surface area is 230 Å². The van der Waals surface area contributed by atoms with Gasteiger partial charge in [0.2, 0.25) is 5.76 Å². The summed E-state index contributed by atoms with van der Waals surface area (Å²) in [7, 11) is 1.60. The molecule has 1 atom stereocenters. The molecule has 6 nitrogen and oxygen atoms in total. The number of hydrogen-bond acceptors (Lipinski definition) is 5. The fraction of sp³-hybridized carbons (Fsp3) is 0.125. The van der Waals surface area contributed by atoms with E-state index in [4.69, 9.17) is 25.5 Å². The van der Waals surface area contributed by atoms with E-state index >= 15 is 0 Å². The Morgan fingerprint density at radius 1 is 0.846 bits per heavy atom. The van der Waals surface area contributed by atoms with Gasteiger partial charge in [0.05, 0.1) is 24.1 Å². The van der Waals surface area contributed by atoms with Crippen molar-refractivity contribution in [2.45, 2.75) is 19.2 Å². The number of methoxy groups -OCH3 is 1. The van der Waals surface area contributed by atoms with Gasteiger partial charge in [-0.2, -0.15) is 0 Å². The lowest BCUT2D eigenvalue weighted by atomic mass is 9.98. The molecule has 0 saturated carbocycles. The first-order valence-corrected chi connectivity index (χ1v) is 12.9. The van der Waals surface area contributed by atoms with E-state index < -0.39 is 6.04 Å². The molecule has 5 aromatic rings. The molecule has 1 aliphatic heterocycles. The average molecular weight is 538 g/mol. The first-order chi connectivity index (χ1) is 19.0. The summed E-state index contributed by atoms with van der Waals surface area (Å²) in [5, 5.41) is 0.754. The number of fused-ring (bicyclic) bond motifs is 2. The van der Waals surface area contributed by atoms with Crippen molar-refractivity contribution in [3.63, 3.8) is 0 Å². The number of rotatable bonds is 7. The van der Waals surface area contributed by atoms with E-state index in [-0.39, 0.29) is 23.6 Å². The molecule has 6 rings (SSSR count). The van der Waals surface area contributed by atoms with Gasteiger partial charge in [-0.25, -0.2) is 0 Å². The van der Waals surface area contributed by atoms with Crippen LogP contribution in [0.4, 0.5) is 0 Å². The minimum atomic E-state index is -0.672. The number of halogens is 1. The predicted octanol–water partition coefficient (Wildman–Crippen LogP) is 6.78. The van der Waals surface area contributed by atoms with Gasteiger partial charge in [-0.15, -0.1) is 0 Å². The average Bonchev–Trinajstić information content (AvgIpc) is 3.24. The summed E-state index contributed by atoms with van der Waals surface area (Å²) in [4.78, 5) is 29.3. The maximum atomic E-state index is 13.8. The van der Waals surface area contributed by atoms with Crippen LogP contribution in [0, 0.1) is 0 Å². The highest BCUT2D eigenvalue weighted by atomic mass is 35.5. The molecule has 0 bridgehead atoms. The topological polar surface area (TPSA) is 69.0 Å². The van der Waals surface area contributed by atoms with E-state index in [1.807, 2.05) is 78.9 Å².